The van der Waals surface area contributed by atoms with Crippen LogP contribution in [0.4, 0.5) is 4.39 Å². The van der Waals surface area contributed by atoms with Crippen LogP contribution in [0.1, 0.15) is 93.1 Å². The Morgan fingerprint density at radius 2 is 1.98 bits per heavy atom. The van der Waals surface area contributed by atoms with Crippen LogP contribution in [-0.2, 0) is 4.79 Å². The smallest absolute Gasteiger partial charge is 0.156 e. The van der Waals surface area contributed by atoms with Gasteiger partial charge >= 0.3 is 0 Å². The molecule has 3 unspecified atom stereocenters. The van der Waals surface area contributed by atoms with E-state index in [1.165, 1.54) is 37.3 Å². The van der Waals surface area contributed by atoms with Crippen molar-refractivity contribution in [3.05, 3.63) is 80.4 Å². The molecule has 2 aromatic heterocycles. The summed E-state index contributed by atoms with van der Waals surface area (Å²) in [4.78, 5) is 18.4. The Labute approximate surface area is 249 Å². The largest absolute Gasteiger partial charge is 0.480 e. The summed E-state index contributed by atoms with van der Waals surface area (Å²) in [7, 11) is 0. The third-order valence-corrected chi connectivity index (χ3v) is 11.1. The SMILES string of the molecule is CC(=O)C1=Cc2nc(-c3ccc(OC(C4=CSC5CC45)c4cccs4)cc3F)n(C3CCCCCCC3)c2C=CC1. The summed E-state index contributed by atoms with van der Waals surface area (Å²) in [6.07, 6.45) is 15.8. The number of thioether (sulfide) groups is 1. The van der Waals surface area contributed by atoms with Gasteiger partial charge in [0.05, 0.1) is 17.0 Å². The number of rotatable bonds is 7. The summed E-state index contributed by atoms with van der Waals surface area (Å²) in [6.45, 7) is 1.60. The van der Waals surface area contributed by atoms with Gasteiger partial charge in [-0.1, -0.05) is 44.2 Å². The molecular formula is C34H35FN2O2S2. The minimum absolute atomic E-state index is 0.0471. The highest BCUT2D eigenvalue weighted by molar-refractivity contribution is 8.03. The molecule has 0 amide bonds. The third kappa shape index (κ3) is 5.39. The lowest BCUT2D eigenvalue weighted by Gasteiger charge is -2.25. The summed E-state index contributed by atoms with van der Waals surface area (Å²) < 4.78 is 24.9. The van der Waals surface area contributed by atoms with Crippen molar-refractivity contribution in [2.75, 3.05) is 0 Å². The topological polar surface area (TPSA) is 44.1 Å². The summed E-state index contributed by atoms with van der Waals surface area (Å²) in [5, 5.41) is 5.01. The second kappa shape index (κ2) is 11.4. The molecule has 0 spiro atoms. The molecule has 0 radical (unpaired) electrons. The second-order valence-electron chi connectivity index (χ2n) is 11.7. The number of benzene rings is 1. The van der Waals surface area contributed by atoms with Crippen molar-refractivity contribution < 1.29 is 13.9 Å². The van der Waals surface area contributed by atoms with Crippen LogP contribution in [0.5, 0.6) is 5.75 Å². The maximum absolute atomic E-state index is 16.1. The predicted molar refractivity (Wildman–Crippen MR) is 167 cm³/mol. The number of aromatic nitrogens is 2. The van der Waals surface area contributed by atoms with Crippen LogP contribution in [0.15, 0.2) is 58.3 Å². The van der Waals surface area contributed by atoms with E-state index in [1.54, 1.807) is 18.3 Å². The first-order chi connectivity index (χ1) is 20.1. The van der Waals surface area contributed by atoms with Crippen LogP contribution >= 0.6 is 23.1 Å². The molecule has 7 heteroatoms. The maximum Gasteiger partial charge on any atom is 0.156 e. The van der Waals surface area contributed by atoms with Gasteiger partial charge in [-0.25, -0.2) is 9.37 Å². The fourth-order valence-electron chi connectivity index (χ4n) is 6.55. The molecule has 3 aromatic rings. The number of halogens is 1. The molecule has 3 aliphatic carbocycles. The van der Waals surface area contributed by atoms with Gasteiger partial charge in [-0.15, -0.1) is 23.1 Å². The average Bonchev–Trinajstić information content (AvgIpc) is 3.23. The fourth-order valence-corrected chi connectivity index (χ4v) is 8.63. The summed E-state index contributed by atoms with van der Waals surface area (Å²) in [6, 6.07) is 9.65. The van der Waals surface area contributed by atoms with E-state index in [9.17, 15) is 4.79 Å². The maximum atomic E-state index is 16.1. The zero-order valence-electron chi connectivity index (χ0n) is 23.4. The van der Waals surface area contributed by atoms with Gasteiger partial charge in [-0.2, -0.15) is 0 Å². The first-order valence-electron chi connectivity index (χ1n) is 14.9. The minimum atomic E-state index is -0.335. The molecule has 3 atom stereocenters. The average molecular weight is 587 g/mol. The number of ether oxygens (including phenoxy) is 1. The molecule has 0 bridgehead atoms. The normalized spacial score (nSPS) is 23.0. The Kier molecular flexibility index (Phi) is 7.50. The standard InChI is InChI=1S/C34H35FN2O2S2/c1-21(38)22-9-7-12-30-29(17-22)36-34(37(30)23-10-5-3-2-4-6-11-23)25-15-14-24(18-28(25)35)39-33(31-13-8-16-40-31)27-20-41-32-19-26(27)32/h7-8,12-18,20,23,26,32-33H,2-6,9-11,19H2,1H3. The van der Waals surface area contributed by atoms with E-state index < -0.39 is 0 Å². The molecule has 1 aliphatic heterocycles. The van der Waals surface area contributed by atoms with Crippen molar-refractivity contribution in [3.8, 4) is 17.1 Å². The number of carbonyl (C=O) groups excluding carboxylic acids is 1. The van der Waals surface area contributed by atoms with Crippen molar-refractivity contribution >= 4 is 41.0 Å². The number of ketones is 1. The molecule has 2 saturated carbocycles. The van der Waals surface area contributed by atoms with Crippen LogP contribution in [-0.4, -0.2) is 20.6 Å². The number of carbonyl (C=O) groups is 1. The van der Waals surface area contributed by atoms with E-state index in [-0.39, 0.29) is 23.7 Å². The number of hydrogen-bond acceptors (Lipinski definition) is 5. The van der Waals surface area contributed by atoms with Crippen molar-refractivity contribution in [2.45, 2.75) is 82.1 Å². The molecule has 4 nitrogen and oxygen atoms in total. The summed E-state index contributed by atoms with van der Waals surface area (Å²) in [5.74, 6) is 1.46. The molecule has 1 aromatic carbocycles. The highest BCUT2D eigenvalue weighted by atomic mass is 32.2. The van der Waals surface area contributed by atoms with Crippen molar-refractivity contribution in [2.24, 2.45) is 5.92 Å². The third-order valence-electron chi connectivity index (χ3n) is 8.87. The molecule has 0 saturated heterocycles. The van der Waals surface area contributed by atoms with Crippen LogP contribution in [0, 0.1) is 11.7 Å². The number of nitrogens with zero attached hydrogens (tertiary/aromatic N) is 2. The van der Waals surface area contributed by atoms with E-state index in [2.05, 4.69) is 27.5 Å². The number of fused-ring (bicyclic) bond motifs is 2. The Hall–Kier alpha value is -2.90. The van der Waals surface area contributed by atoms with Gasteiger partial charge in [-0.05, 0) is 85.2 Å². The summed E-state index contributed by atoms with van der Waals surface area (Å²) in [5.41, 5.74) is 4.25. The predicted octanol–water partition coefficient (Wildman–Crippen LogP) is 9.56. The first-order valence-corrected chi connectivity index (χ1v) is 16.7. The molecule has 2 fully saturated rings. The van der Waals surface area contributed by atoms with Gasteiger partial charge in [0.15, 0.2) is 11.9 Å². The Morgan fingerprint density at radius 1 is 1.15 bits per heavy atom. The minimum Gasteiger partial charge on any atom is -0.480 e. The van der Waals surface area contributed by atoms with E-state index >= 15 is 4.39 Å². The second-order valence-corrected chi connectivity index (χ2v) is 13.8. The van der Waals surface area contributed by atoms with Crippen molar-refractivity contribution in [1.82, 2.24) is 9.55 Å². The van der Waals surface area contributed by atoms with Gasteiger partial charge < -0.3 is 9.30 Å². The van der Waals surface area contributed by atoms with Crippen LogP contribution in [0.3, 0.4) is 0 Å². The monoisotopic (exact) mass is 586 g/mol. The highest BCUT2D eigenvalue weighted by Crippen LogP contribution is 2.57. The van der Waals surface area contributed by atoms with E-state index in [0.717, 1.165) is 47.5 Å². The number of hydrogen-bond donors (Lipinski definition) is 0. The van der Waals surface area contributed by atoms with E-state index in [4.69, 9.17) is 9.72 Å². The lowest BCUT2D eigenvalue weighted by molar-refractivity contribution is -0.113. The quantitative estimate of drug-likeness (QED) is 0.277. The van der Waals surface area contributed by atoms with Gasteiger partial charge in [0.25, 0.3) is 0 Å². The number of allylic oxidation sites excluding steroid dienone is 2. The molecule has 0 N–H and O–H groups in total. The van der Waals surface area contributed by atoms with Gasteiger partial charge in [-0.3, -0.25) is 4.79 Å². The lowest BCUT2D eigenvalue weighted by atomic mass is 9.96. The van der Waals surface area contributed by atoms with Crippen molar-refractivity contribution in [1.29, 1.82) is 0 Å². The molecule has 41 heavy (non-hydrogen) atoms. The number of Topliss-reactive ketones (excluding diaryl/α,β-unsaturated/α-hetero) is 1. The van der Waals surface area contributed by atoms with E-state index in [0.29, 0.717) is 34.7 Å². The zero-order chi connectivity index (χ0) is 27.9. The molecule has 7 rings (SSSR count). The molecule has 212 valence electrons. The van der Waals surface area contributed by atoms with Crippen LogP contribution in [0.2, 0.25) is 0 Å². The van der Waals surface area contributed by atoms with Crippen LogP contribution < -0.4 is 4.74 Å². The van der Waals surface area contributed by atoms with Gasteiger partial charge in [0, 0.05) is 27.8 Å². The number of thiophene rings is 1. The molecule has 3 heterocycles. The Balaban J connectivity index is 1.26. The Bertz CT molecular complexity index is 1540. The Morgan fingerprint density at radius 3 is 2.66 bits per heavy atom. The molecular weight excluding hydrogens is 552 g/mol. The van der Waals surface area contributed by atoms with E-state index in [1.807, 2.05) is 42.1 Å². The van der Waals surface area contributed by atoms with Crippen molar-refractivity contribution in [3.63, 3.8) is 0 Å². The van der Waals surface area contributed by atoms with Gasteiger partial charge in [0.2, 0.25) is 0 Å². The number of imidazole rings is 1. The fraction of sp³-hybridized carbons (Fsp3) is 0.412. The summed E-state index contributed by atoms with van der Waals surface area (Å²) >= 11 is 3.58. The molecule has 4 aliphatic rings. The zero-order valence-corrected chi connectivity index (χ0v) is 25.0. The van der Waals surface area contributed by atoms with Crippen LogP contribution in [0.25, 0.3) is 23.5 Å². The lowest BCUT2D eigenvalue weighted by Crippen LogP contribution is -2.14. The highest BCUT2D eigenvalue weighted by Gasteiger charge is 2.47. The van der Waals surface area contributed by atoms with Gasteiger partial charge in [0.1, 0.15) is 17.4 Å². The first kappa shape index (κ1) is 27.0.